The average molecular weight is 388 g/mol. The van der Waals surface area contributed by atoms with E-state index in [0.717, 1.165) is 11.1 Å². The van der Waals surface area contributed by atoms with Gasteiger partial charge in [-0.05, 0) is 48.6 Å². The van der Waals surface area contributed by atoms with Crippen molar-refractivity contribution in [2.24, 2.45) is 0 Å². The summed E-state index contributed by atoms with van der Waals surface area (Å²) in [5.41, 5.74) is 7.93. The van der Waals surface area contributed by atoms with Crippen LogP contribution in [-0.2, 0) is 0 Å². The Kier molecular flexibility index (Phi) is 4.99. The van der Waals surface area contributed by atoms with Crippen LogP contribution in [0.3, 0.4) is 0 Å². The van der Waals surface area contributed by atoms with Gasteiger partial charge in [0.25, 0.3) is 5.91 Å². The van der Waals surface area contributed by atoms with Gasteiger partial charge in [-0.25, -0.2) is 4.98 Å². The zero-order valence-electron chi connectivity index (χ0n) is 14.7. The number of furan rings is 1. The van der Waals surface area contributed by atoms with E-state index in [0.29, 0.717) is 22.5 Å². The number of amides is 1. The first kappa shape index (κ1) is 17.7. The summed E-state index contributed by atoms with van der Waals surface area (Å²) in [7, 11) is 0. The maximum absolute atomic E-state index is 12.8. The number of pyridine rings is 1. The SMILES string of the molecule is O=C(NNC(=S)Nc1ccccc1)c1cc(-c2ccco2)nc2ccccc12. The summed E-state index contributed by atoms with van der Waals surface area (Å²) in [6, 6.07) is 22.2. The number of fused-ring (bicyclic) bond motifs is 1. The van der Waals surface area contributed by atoms with Crippen LogP contribution >= 0.6 is 12.2 Å². The summed E-state index contributed by atoms with van der Waals surface area (Å²) in [4.78, 5) is 17.4. The molecule has 0 radical (unpaired) electrons. The molecule has 0 unspecified atom stereocenters. The molecule has 0 saturated carbocycles. The smallest absolute Gasteiger partial charge is 0.270 e. The highest BCUT2D eigenvalue weighted by Crippen LogP contribution is 2.25. The number of carbonyl (C=O) groups excluding carboxylic acids is 1. The Balaban J connectivity index is 1.55. The maximum Gasteiger partial charge on any atom is 0.270 e. The molecular weight excluding hydrogens is 372 g/mol. The molecule has 7 heteroatoms. The number of hydrogen-bond donors (Lipinski definition) is 3. The quantitative estimate of drug-likeness (QED) is 0.362. The van der Waals surface area contributed by atoms with Crippen LogP contribution in [-0.4, -0.2) is 16.0 Å². The van der Waals surface area contributed by atoms with E-state index in [9.17, 15) is 4.79 Å². The van der Waals surface area contributed by atoms with Crippen molar-refractivity contribution in [3.8, 4) is 11.5 Å². The monoisotopic (exact) mass is 388 g/mol. The summed E-state index contributed by atoms with van der Waals surface area (Å²) in [5.74, 6) is 0.262. The second-order valence-corrected chi connectivity index (χ2v) is 6.36. The Morgan fingerprint density at radius 2 is 1.71 bits per heavy atom. The van der Waals surface area contributed by atoms with Crippen molar-refractivity contribution in [1.82, 2.24) is 15.8 Å². The van der Waals surface area contributed by atoms with E-state index in [2.05, 4.69) is 21.2 Å². The fourth-order valence-corrected chi connectivity index (χ4v) is 2.95. The molecule has 0 bridgehead atoms. The van der Waals surface area contributed by atoms with Crippen LogP contribution in [0.5, 0.6) is 0 Å². The van der Waals surface area contributed by atoms with Gasteiger partial charge in [-0.1, -0.05) is 36.4 Å². The van der Waals surface area contributed by atoms with Gasteiger partial charge in [0, 0.05) is 11.1 Å². The van der Waals surface area contributed by atoms with E-state index in [4.69, 9.17) is 16.6 Å². The number of hydrogen-bond acceptors (Lipinski definition) is 4. The summed E-state index contributed by atoms with van der Waals surface area (Å²) in [6.07, 6.45) is 1.57. The Morgan fingerprint density at radius 1 is 0.929 bits per heavy atom. The molecule has 28 heavy (non-hydrogen) atoms. The standard InChI is InChI=1S/C21H16N4O2S/c26-20(24-25-21(28)22-14-7-2-1-3-8-14)16-13-18(19-11-6-12-27-19)23-17-10-5-4-9-15(16)17/h1-13H,(H,24,26)(H2,22,25,28). The first-order valence-corrected chi connectivity index (χ1v) is 8.97. The van der Waals surface area contributed by atoms with Crippen LogP contribution in [0.15, 0.2) is 83.5 Å². The topological polar surface area (TPSA) is 79.2 Å². The minimum absolute atomic E-state index is 0.282. The highest BCUT2D eigenvalue weighted by Gasteiger charge is 2.15. The number of hydrazine groups is 1. The second kappa shape index (κ2) is 7.89. The fraction of sp³-hybridized carbons (Fsp3) is 0. The molecule has 3 N–H and O–H groups in total. The molecule has 2 heterocycles. The van der Waals surface area contributed by atoms with Gasteiger partial charge < -0.3 is 9.73 Å². The third-order valence-electron chi connectivity index (χ3n) is 4.06. The average Bonchev–Trinajstić information content (AvgIpc) is 3.27. The summed E-state index contributed by atoms with van der Waals surface area (Å²) in [5, 5.41) is 4.01. The van der Waals surface area contributed by atoms with Gasteiger partial charge in [-0.2, -0.15) is 0 Å². The molecule has 0 atom stereocenters. The van der Waals surface area contributed by atoms with Crippen molar-refractivity contribution in [3.63, 3.8) is 0 Å². The van der Waals surface area contributed by atoms with Crippen LogP contribution in [0.1, 0.15) is 10.4 Å². The molecule has 2 aromatic carbocycles. The summed E-state index contributed by atoms with van der Waals surface area (Å²) in [6.45, 7) is 0. The van der Waals surface area contributed by atoms with E-state index in [1.54, 1.807) is 24.5 Å². The van der Waals surface area contributed by atoms with E-state index in [1.807, 2.05) is 54.6 Å². The number of rotatable bonds is 3. The van der Waals surface area contributed by atoms with Gasteiger partial charge in [0.15, 0.2) is 10.9 Å². The third kappa shape index (κ3) is 3.84. The molecule has 0 spiro atoms. The Morgan fingerprint density at radius 3 is 2.50 bits per heavy atom. The number of carbonyl (C=O) groups is 1. The van der Waals surface area contributed by atoms with Gasteiger partial charge in [-0.15, -0.1) is 0 Å². The third-order valence-corrected chi connectivity index (χ3v) is 4.26. The van der Waals surface area contributed by atoms with E-state index < -0.39 is 0 Å². The lowest BCUT2D eigenvalue weighted by Gasteiger charge is -2.13. The Bertz CT molecular complexity index is 1130. The van der Waals surface area contributed by atoms with Gasteiger partial charge in [0.2, 0.25) is 0 Å². The van der Waals surface area contributed by atoms with E-state index in [-0.39, 0.29) is 11.0 Å². The van der Waals surface area contributed by atoms with Crippen LogP contribution in [0.25, 0.3) is 22.4 Å². The lowest BCUT2D eigenvalue weighted by molar-refractivity contribution is 0.0946. The largest absolute Gasteiger partial charge is 0.463 e. The molecule has 4 aromatic rings. The molecule has 0 aliphatic rings. The van der Waals surface area contributed by atoms with Gasteiger partial charge in [-0.3, -0.25) is 15.6 Å². The fourth-order valence-electron chi connectivity index (χ4n) is 2.78. The van der Waals surface area contributed by atoms with Crippen molar-refractivity contribution in [1.29, 1.82) is 0 Å². The number of benzene rings is 2. The van der Waals surface area contributed by atoms with Crippen molar-refractivity contribution in [3.05, 3.63) is 84.6 Å². The van der Waals surface area contributed by atoms with Gasteiger partial charge in [0.1, 0.15) is 5.69 Å². The Labute approximate surface area is 166 Å². The molecule has 2 aromatic heterocycles. The lowest BCUT2D eigenvalue weighted by Crippen LogP contribution is -2.43. The number of nitrogens with zero attached hydrogens (tertiary/aromatic N) is 1. The molecule has 6 nitrogen and oxygen atoms in total. The summed E-state index contributed by atoms with van der Waals surface area (Å²) >= 11 is 5.23. The van der Waals surface area contributed by atoms with Crippen LogP contribution in [0.2, 0.25) is 0 Å². The predicted octanol–water partition coefficient (Wildman–Crippen LogP) is 4.13. The minimum Gasteiger partial charge on any atom is -0.463 e. The highest BCUT2D eigenvalue weighted by molar-refractivity contribution is 7.80. The van der Waals surface area contributed by atoms with Crippen LogP contribution in [0, 0.1) is 0 Å². The molecule has 1 amide bonds. The van der Waals surface area contributed by atoms with Crippen molar-refractivity contribution >= 4 is 39.8 Å². The van der Waals surface area contributed by atoms with Crippen molar-refractivity contribution in [2.75, 3.05) is 5.32 Å². The predicted molar refractivity (Wildman–Crippen MR) is 113 cm³/mol. The Hall–Kier alpha value is -3.71. The number of thiocarbonyl (C=S) groups is 1. The molecule has 0 saturated heterocycles. The number of anilines is 1. The minimum atomic E-state index is -0.330. The van der Waals surface area contributed by atoms with E-state index in [1.165, 1.54) is 0 Å². The van der Waals surface area contributed by atoms with Crippen LogP contribution in [0.4, 0.5) is 5.69 Å². The van der Waals surface area contributed by atoms with E-state index >= 15 is 0 Å². The zero-order chi connectivity index (χ0) is 19.3. The zero-order valence-corrected chi connectivity index (χ0v) is 15.5. The molecule has 138 valence electrons. The van der Waals surface area contributed by atoms with Gasteiger partial charge >= 0.3 is 0 Å². The molecular formula is C21H16N4O2S. The lowest BCUT2D eigenvalue weighted by atomic mass is 10.1. The van der Waals surface area contributed by atoms with Crippen molar-refractivity contribution in [2.45, 2.75) is 0 Å². The van der Waals surface area contributed by atoms with Crippen molar-refractivity contribution < 1.29 is 9.21 Å². The summed E-state index contributed by atoms with van der Waals surface area (Å²) < 4.78 is 5.43. The number of para-hydroxylation sites is 2. The normalized spacial score (nSPS) is 10.4. The molecule has 0 fully saturated rings. The number of aromatic nitrogens is 1. The maximum atomic E-state index is 12.8. The van der Waals surface area contributed by atoms with Gasteiger partial charge in [0.05, 0.1) is 17.3 Å². The molecule has 4 rings (SSSR count). The molecule has 0 aliphatic heterocycles. The first-order chi connectivity index (χ1) is 13.7. The second-order valence-electron chi connectivity index (χ2n) is 5.95. The number of nitrogens with one attached hydrogen (secondary N) is 3. The molecule has 0 aliphatic carbocycles. The van der Waals surface area contributed by atoms with Crippen LogP contribution < -0.4 is 16.2 Å². The first-order valence-electron chi connectivity index (χ1n) is 8.57. The highest BCUT2D eigenvalue weighted by atomic mass is 32.1.